The molecule has 0 atom stereocenters. The zero-order valence-corrected chi connectivity index (χ0v) is 26.3. The molecule has 0 unspecified atom stereocenters. The lowest BCUT2D eigenvalue weighted by Gasteiger charge is -2.22. The molecule has 0 amide bonds. The Kier molecular flexibility index (Phi) is 6.85. The van der Waals surface area contributed by atoms with Crippen molar-refractivity contribution in [3.05, 3.63) is 168 Å². The molecule has 0 N–H and O–H groups in total. The van der Waals surface area contributed by atoms with Gasteiger partial charge in [-0.25, -0.2) is 9.97 Å². The molecule has 1 aliphatic rings. The van der Waals surface area contributed by atoms with Crippen molar-refractivity contribution in [2.24, 2.45) is 0 Å². The van der Waals surface area contributed by atoms with Crippen molar-refractivity contribution in [1.29, 1.82) is 5.26 Å². The molecule has 0 spiro atoms. The first kappa shape index (κ1) is 28.4. The van der Waals surface area contributed by atoms with Crippen LogP contribution >= 0.6 is 0 Å². The molecule has 0 fully saturated rings. The Hall–Kier alpha value is -6.11. The van der Waals surface area contributed by atoms with Gasteiger partial charge in [-0.05, 0) is 74.8 Å². The van der Waals surface area contributed by atoms with Crippen LogP contribution in [0.1, 0.15) is 30.5 Å². The summed E-state index contributed by atoms with van der Waals surface area (Å²) in [5, 5.41) is 9.54. The number of fused-ring (bicyclic) bond motifs is 3. The second-order valence-electron chi connectivity index (χ2n) is 12.6. The summed E-state index contributed by atoms with van der Waals surface area (Å²) >= 11 is 0. The van der Waals surface area contributed by atoms with E-state index in [4.69, 9.17) is 9.97 Å². The first-order chi connectivity index (χ1) is 23.0. The van der Waals surface area contributed by atoms with E-state index >= 15 is 0 Å². The van der Waals surface area contributed by atoms with E-state index in [-0.39, 0.29) is 5.41 Å². The van der Waals surface area contributed by atoms with E-state index in [9.17, 15) is 5.26 Å². The van der Waals surface area contributed by atoms with Crippen molar-refractivity contribution in [1.82, 2.24) is 9.97 Å². The number of hydrogen-bond donors (Lipinski definition) is 0. The quantitative estimate of drug-likeness (QED) is 0.197. The van der Waals surface area contributed by atoms with E-state index in [2.05, 4.69) is 135 Å². The third kappa shape index (κ3) is 5.01. The highest BCUT2D eigenvalue weighted by molar-refractivity contribution is 5.86. The molecule has 0 bridgehead atoms. The molecule has 47 heavy (non-hydrogen) atoms. The van der Waals surface area contributed by atoms with Crippen LogP contribution in [0, 0.1) is 11.3 Å². The summed E-state index contributed by atoms with van der Waals surface area (Å²) in [4.78, 5) is 10.2. The van der Waals surface area contributed by atoms with Crippen LogP contribution in [-0.4, -0.2) is 9.97 Å². The van der Waals surface area contributed by atoms with Crippen molar-refractivity contribution in [2.45, 2.75) is 19.3 Å². The summed E-state index contributed by atoms with van der Waals surface area (Å²) in [6, 6.07) is 55.0. The highest BCUT2D eigenvalue weighted by Gasteiger charge is 2.35. The van der Waals surface area contributed by atoms with Gasteiger partial charge in [0.25, 0.3) is 0 Å². The van der Waals surface area contributed by atoms with Crippen molar-refractivity contribution >= 4 is 0 Å². The second kappa shape index (κ2) is 11.4. The van der Waals surface area contributed by atoms with Crippen molar-refractivity contribution in [3.63, 3.8) is 0 Å². The lowest BCUT2D eigenvalue weighted by Crippen LogP contribution is -2.15. The fraction of sp³-hybridized carbons (Fsp3) is 0.0682. The molecular formula is C44H31N3. The number of aromatic nitrogens is 2. The SMILES string of the molecule is CC1(C)c2cc(C#N)ccc2-c2ccc(-c3cccc(-c4cc(-c5ccccc5-c5ccccc5)nc(-c5ccccc5)n4)c3)cc21. The molecule has 1 aliphatic carbocycles. The van der Waals surface area contributed by atoms with Crippen LogP contribution in [0.3, 0.4) is 0 Å². The molecular weight excluding hydrogens is 571 g/mol. The summed E-state index contributed by atoms with van der Waals surface area (Å²) in [5.41, 5.74) is 14.8. The van der Waals surface area contributed by atoms with Crippen LogP contribution < -0.4 is 0 Å². The molecule has 7 aromatic rings. The highest BCUT2D eigenvalue weighted by atomic mass is 14.9. The summed E-state index contributed by atoms with van der Waals surface area (Å²) < 4.78 is 0. The molecule has 8 rings (SSSR count). The van der Waals surface area contributed by atoms with Crippen LogP contribution in [-0.2, 0) is 5.41 Å². The highest BCUT2D eigenvalue weighted by Crippen LogP contribution is 2.50. The Morgan fingerprint density at radius 2 is 1.02 bits per heavy atom. The molecule has 3 heteroatoms. The van der Waals surface area contributed by atoms with Crippen LogP contribution in [0.25, 0.3) is 67.3 Å². The molecule has 0 aliphatic heterocycles. The van der Waals surface area contributed by atoms with Crippen LogP contribution in [0.15, 0.2) is 152 Å². The Labute approximate surface area is 275 Å². The zero-order chi connectivity index (χ0) is 32.0. The van der Waals surface area contributed by atoms with Gasteiger partial charge in [0.05, 0.1) is 23.0 Å². The van der Waals surface area contributed by atoms with E-state index in [1.165, 1.54) is 22.3 Å². The molecule has 1 aromatic heterocycles. The van der Waals surface area contributed by atoms with Gasteiger partial charge in [-0.1, -0.05) is 135 Å². The van der Waals surface area contributed by atoms with Gasteiger partial charge < -0.3 is 0 Å². The van der Waals surface area contributed by atoms with Gasteiger partial charge in [0.15, 0.2) is 5.82 Å². The molecule has 6 aromatic carbocycles. The maximum atomic E-state index is 9.54. The Bertz CT molecular complexity index is 2330. The van der Waals surface area contributed by atoms with Crippen LogP contribution in [0.2, 0.25) is 0 Å². The predicted molar refractivity (Wildman–Crippen MR) is 191 cm³/mol. The van der Waals surface area contributed by atoms with Gasteiger partial charge in [-0.3, -0.25) is 0 Å². The van der Waals surface area contributed by atoms with Gasteiger partial charge in [0.1, 0.15) is 0 Å². The average Bonchev–Trinajstić information content (AvgIpc) is 3.37. The maximum absolute atomic E-state index is 9.54. The Morgan fingerprint density at radius 3 is 1.77 bits per heavy atom. The molecule has 0 saturated heterocycles. The van der Waals surface area contributed by atoms with Gasteiger partial charge >= 0.3 is 0 Å². The maximum Gasteiger partial charge on any atom is 0.160 e. The van der Waals surface area contributed by atoms with Crippen LogP contribution in [0.5, 0.6) is 0 Å². The summed E-state index contributed by atoms with van der Waals surface area (Å²) in [7, 11) is 0. The number of nitrogens with zero attached hydrogens (tertiary/aromatic N) is 3. The number of hydrogen-bond acceptors (Lipinski definition) is 3. The summed E-state index contributed by atoms with van der Waals surface area (Å²) in [6.07, 6.45) is 0. The third-order valence-corrected chi connectivity index (χ3v) is 9.34. The first-order valence-corrected chi connectivity index (χ1v) is 15.9. The van der Waals surface area contributed by atoms with E-state index < -0.39 is 0 Å². The average molecular weight is 602 g/mol. The van der Waals surface area contributed by atoms with Crippen molar-refractivity contribution in [3.8, 4) is 73.4 Å². The third-order valence-electron chi connectivity index (χ3n) is 9.34. The lowest BCUT2D eigenvalue weighted by molar-refractivity contribution is 0.660. The van der Waals surface area contributed by atoms with Crippen LogP contribution in [0.4, 0.5) is 0 Å². The minimum Gasteiger partial charge on any atom is -0.228 e. The van der Waals surface area contributed by atoms with Gasteiger partial charge in [-0.15, -0.1) is 0 Å². The second-order valence-corrected chi connectivity index (χ2v) is 12.6. The minimum absolute atomic E-state index is 0.205. The summed E-state index contributed by atoms with van der Waals surface area (Å²) in [5.74, 6) is 0.695. The number of rotatable bonds is 5. The zero-order valence-electron chi connectivity index (χ0n) is 26.3. The molecule has 0 saturated carbocycles. The largest absolute Gasteiger partial charge is 0.228 e. The first-order valence-electron chi connectivity index (χ1n) is 15.9. The summed E-state index contributed by atoms with van der Waals surface area (Å²) in [6.45, 7) is 4.50. The van der Waals surface area contributed by atoms with E-state index in [0.29, 0.717) is 11.4 Å². The molecule has 3 nitrogen and oxygen atoms in total. The normalized spacial score (nSPS) is 12.6. The van der Waals surface area contributed by atoms with Gasteiger partial charge in [0.2, 0.25) is 0 Å². The fourth-order valence-corrected chi connectivity index (χ4v) is 6.87. The molecule has 1 heterocycles. The molecule has 0 radical (unpaired) electrons. The van der Waals surface area contributed by atoms with Crippen molar-refractivity contribution < 1.29 is 0 Å². The van der Waals surface area contributed by atoms with E-state index in [1.54, 1.807) is 0 Å². The van der Waals surface area contributed by atoms with Crippen molar-refractivity contribution in [2.75, 3.05) is 0 Å². The lowest BCUT2D eigenvalue weighted by atomic mass is 9.81. The fourth-order valence-electron chi connectivity index (χ4n) is 6.87. The minimum atomic E-state index is -0.205. The van der Waals surface area contributed by atoms with Gasteiger partial charge in [-0.2, -0.15) is 5.26 Å². The topological polar surface area (TPSA) is 49.6 Å². The smallest absolute Gasteiger partial charge is 0.160 e. The number of benzene rings is 6. The van der Waals surface area contributed by atoms with E-state index in [0.717, 1.165) is 50.3 Å². The number of nitriles is 1. The van der Waals surface area contributed by atoms with Gasteiger partial charge in [0, 0.05) is 22.1 Å². The Morgan fingerprint density at radius 1 is 0.447 bits per heavy atom. The Balaban J connectivity index is 1.25. The predicted octanol–water partition coefficient (Wildman–Crippen LogP) is 11.0. The molecule has 222 valence electrons. The monoisotopic (exact) mass is 601 g/mol. The standard InChI is InChI=1S/C44H31N3/c1-44(2)39-24-29(28-45)20-22-36(39)37-23-21-33(26-40(37)44)32-16-11-17-34(25-32)41-27-42(47-43(46-41)31-14-7-4-8-15-31)38-19-10-9-18-35(38)30-12-5-3-6-13-30/h3-27H,1-2H3. The van der Waals surface area contributed by atoms with E-state index in [1.807, 2.05) is 36.4 Å².